The maximum atomic E-state index is 11.0. The summed E-state index contributed by atoms with van der Waals surface area (Å²) in [4.78, 5) is 10.5. The molecule has 0 saturated carbocycles. The second-order valence-corrected chi connectivity index (χ2v) is 5.52. The first-order chi connectivity index (χ1) is 8.79. The minimum atomic E-state index is -0.526. The fraction of sp³-hybridized carbons (Fsp3) is 0.333. The Morgan fingerprint density at radius 2 is 2.00 bits per heavy atom. The largest absolute Gasteiger partial charge is 0.420 e. The van der Waals surface area contributed by atoms with Gasteiger partial charge in [0, 0.05) is 16.5 Å². The van der Waals surface area contributed by atoms with Gasteiger partial charge < -0.3 is 4.42 Å². The molecule has 6 nitrogen and oxygen atoms in total. The van der Waals surface area contributed by atoms with E-state index in [-0.39, 0.29) is 27.6 Å². The van der Waals surface area contributed by atoms with Crippen molar-refractivity contribution in [2.24, 2.45) is 0 Å². The Morgan fingerprint density at radius 3 is 2.53 bits per heavy atom. The monoisotopic (exact) mass is 281 g/mol. The zero-order valence-corrected chi connectivity index (χ0v) is 11.4. The summed E-state index contributed by atoms with van der Waals surface area (Å²) in [6, 6.07) is 4.31. The zero-order chi connectivity index (χ0) is 14.2. The molecular formula is C12H12ClN3O3. The molecule has 0 amide bonds. The van der Waals surface area contributed by atoms with Gasteiger partial charge in [-0.05, 0) is 12.1 Å². The SMILES string of the molecule is CC(C)(C)c1nnc(-c2ccc(Cl)cc2[N+](=O)[O-])o1. The number of nitro benzene ring substituents is 1. The highest BCUT2D eigenvalue weighted by Crippen LogP contribution is 2.33. The fourth-order valence-corrected chi connectivity index (χ4v) is 1.64. The van der Waals surface area contributed by atoms with E-state index in [0.717, 1.165) is 0 Å². The van der Waals surface area contributed by atoms with Crippen LogP contribution < -0.4 is 0 Å². The Kier molecular flexibility index (Phi) is 3.28. The standard InChI is InChI=1S/C12H12ClN3O3/c1-12(2,3)11-15-14-10(19-11)8-5-4-7(13)6-9(8)16(17)18/h4-6H,1-3H3. The highest BCUT2D eigenvalue weighted by molar-refractivity contribution is 6.30. The van der Waals surface area contributed by atoms with Crippen molar-refractivity contribution in [3.8, 4) is 11.5 Å². The van der Waals surface area contributed by atoms with E-state index in [1.165, 1.54) is 12.1 Å². The van der Waals surface area contributed by atoms with E-state index in [1.807, 2.05) is 20.8 Å². The third-order valence-electron chi connectivity index (χ3n) is 2.45. The molecule has 0 atom stereocenters. The average Bonchev–Trinajstić information content (AvgIpc) is 2.77. The van der Waals surface area contributed by atoms with E-state index < -0.39 is 4.92 Å². The lowest BCUT2D eigenvalue weighted by Gasteiger charge is -2.10. The Labute approximate surface area is 114 Å². The van der Waals surface area contributed by atoms with Crippen molar-refractivity contribution in [3.63, 3.8) is 0 Å². The van der Waals surface area contributed by atoms with Crippen molar-refractivity contribution in [1.82, 2.24) is 10.2 Å². The predicted molar refractivity (Wildman–Crippen MR) is 70.1 cm³/mol. The molecule has 7 heteroatoms. The molecule has 0 unspecified atom stereocenters. The summed E-state index contributed by atoms with van der Waals surface area (Å²) in [5.41, 5.74) is -0.207. The lowest BCUT2D eigenvalue weighted by molar-refractivity contribution is -0.384. The quantitative estimate of drug-likeness (QED) is 0.620. The number of benzene rings is 1. The normalized spacial score (nSPS) is 11.6. The lowest BCUT2D eigenvalue weighted by atomic mass is 9.97. The van der Waals surface area contributed by atoms with Crippen LogP contribution in [0.15, 0.2) is 22.6 Å². The van der Waals surface area contributed by atoms with E-state index in [0.29, 0.717) is 5.89 Å². The average molecular weight is 282 g/mol. The predicted octanol–water partition coefficient (Wildman–Crippen LogP) is 3.60. The Balaban J connectivity index is 2.53. The molecule has 19 heavy (non-hydrogen) atoms. The number of nitrogens with zero attached hydrogens (tertiary/aromatic N) is 3. The van der Waals surface area contributed by atoms with Gasteiger partial charge in [0.25, 0.3) is 11.6 Å². The van der Waals surface area contributed by atoms with Crippen molar-refractivity contribution in [3.05, 3.63) is 39.2 Å². The van der Waals surface area contributed by atoms with Gasteiger partial charge in [0.1, 0.15) is 5.56 Å². The van der Waals surface area contributed by atoms with Crippen molar-refractivity contribution in [2.75, 3.05) is 0 Å². The van der Waals surface area contributed by atoms with Crippen LogP contribution in [0.25, 0.3) is 11.5 Å². The van der Waals surface area contributed by atoms with Crippen LogP contribution in [0.4, 0.5) is 5.69 Å². The molecule has 0 aliphatic heterocycles. The number of nitro groups is 1. The van der Waals surface area contributed by atoms with E-state index in [9.17, 15) is 10.1 Å². The molecular weight excluding hydrogens is 270 g/mol. The molecule has 0 fully saturated rings. The fourth-order valence-electron chi connectivity index (χ4n) is 1.47. The van der Waals surface area contributed by atoms with Gasteiger partial charge in [0.2, 0.25) is 5.89 Å². The first-order valence-electron chi connectivity index (χ1n) is 5.57. The van der Waals surface area contributed by atoms with Gasteiger partial charge in [-0.15, -0.1) is 10.2 Å². The molecule has 1 aromatic carbocycles. The van der Waals surface area contributed by atoms with Gasteiger partial charge in [-0.1, -0.05) is 32.4 Å². The van der Waals surface area contributed by atoms with Crippen LogP contribution >= 0.6 is 11.6 Å². The first-order valence-corrected chi connectivity index (χ1v) is 5.95. The topological polar surface area (TPSA) is 82.1 Å². The molecule has 0 bridgehead atoms. The van der Waals surface area contributed by atoms with Crippen molar-refractivity contribution in [2.45, 2.75) is 26.2 Å². The van der Waals surface area contributed by atoms with Crippen LogP contribution in [0.5, 0.6) is 0 Å². The second-order valence-electron chi connectivity index (χ2n) is 5.08. The second kappa shape index (κ2) is 4.62. The van der Waals surface area contributed by atoms with Crippen LogP contribution in [-0.2, 0) is 5.41 Å². The van der Waals surface area contributed by atoms with Gasteiger partial charge in [0.05, 0.1) is 4.92 Å². The molecule has 0 aliphatic rings. The minimum absolute atomic E-state index is 0.119. The highest BCUT2D eigenvalue weighted by atomic mass is 35.5. The molecule has 100 valence electrons. The number of aromatic nitrogens is 2. The summed E-state index contributed by atoms with van der Waals surface area (Å²) < 4.78 is 5.50. The number of hydrogen-bond donors (Lipinski definition) is 0. The number of halogens is 1. The van der Waals surface area contributed by atoms with Crippen LogP contribution in [-0.4, -0.2) is 15.1 Å². The van der Waals surface area contributed by atoms with Crippen LogP contribution in [0.3, 0.4) is 0 Å². The van der Waals surface area contributed by atoms with E-state index in [1.54, 1.807) is 6.07 Å². The van der Waals surface area contributed by atoms with Crippen LogP contribution in [0.2, 0.25) is 5.02 Å². The molecule has 0 aliphatic carbocycles. The van der Waals surface area contributed by atoms with Crippen LogP contribution in [0, 0.1) is 10.1 Å². The molecule has 0 radical (unpaired) electrons. The molecule has 0 saturated heterocycles. The highest BCUT2D eigenvalue weighted by Gasteiger charge is 2.25. The van der Waals surface area contributed by atoms with Crippen molar-refractivity contribution >= 4 is 17.3 Å². The first kappa shape index (κ1) is 13.5. The molecule has 1 aromatic heterocycles. The molecule has 0 N–H and O–H groups in total. The van der Waals surface area contributed by atoms with Gasteiger partial charge in [-0.25, -0.2) is 0 Å². The number of hydrogen-bond acceptors (Lipinski definition) is 5. The Hall–Kier alpha value is -1.95. The van der Waals surface area contributed by atoms with Gasteiger partial charge in [-0.3, -0.25) is 10.1 Å². The van der Waals surface area contributed by atoms with Gasteiger partial charge in [-0.2, -0.15) is 0 Å². The van der Waals surface area contributed by atoms with Crippen molar-refractivity contribution in [1.29, 1.82) is 0 Å². The third-order valence-corrected chi connectivity index (χ3v) is 2.69. The zero-order valence-electron chi connectivity index (χ0n) is 10.7. The molecule has 0 spiro atoms. The summed E-state index contributed by atoms with van der Waals surface area (Å²) in [7, 11) is 0. The Bertz CT molecular complexity index is 631. The van der Waals surface area contributed by atoms with Crippen molar-refractivity contribution < 1.29 is 9.34 Å². The maximum Gasteiger partial charge on any atom is 0.283 e. The molecule has 1 heterocycles. The van der Waals surface area contributed by atoms with Crippen LogP contribution in [0.1, 0.15) is 26.7 Å². The summed E-state index contributed by atoms with van der Waals surface area (Å²) in [6.45, 7) is 5.75. The summed E-state index contributed by atoms with van der Waals surface area (Å²) in [5.74, 6) is 0.542. The Morgan fingerprint density at radius 1 is 1.32 bits per heavy atom. The van der Waals surface area contributed by atoms with E-state index >= 15 is 0 Å². The lowest BCUT2D eigenvalue weighted by Crippen LogP contribution is -2.11. The number of rotatable bonds is 2. The minimum Gasteiger partial charge on any atom is -0.420 e. The van der Waals surface area contributed by atoms with E-state index in [4.69, 9.17) is 16.0 Å². The molecule has 2 rings (SSSR count). The smallest absolute Gasteiger partial charge is 0.283 e. The summed E-state index contributed by atoms with van der Waals surface area (Å²) in [6.07, 6.45) is 0. The maximum absolute atomic E-state index is 11.0. The summed E-state index contributed by atoms with van der Waals surface area (Å²) in [5, 5.41) is 19.1. The summed E-state index contributed by atoms with van der Waals surface area (Å²) >= 11 is 5.76. The molecule has 2 aromatic rings. The van der Waals surface area contributed by atoms with E-state index in [2.05, 4.69) is 10.2 Å². The van der Waals surface area contributed by atoms with Gasteiger partial charge in [0.15, 0.2) is 0 Å². The van der Waals surface area contributed by atoms with Gasteiger partial charge >= 0.3 is 0 Å². The third kappa shape index (κ3) is 2.73.